The number of methoxy groups -OCH3 is 1. The Labute approximate surface area is 75.0 Å². The summed E-state index contributed by atoms with van der Waals surface area (Å²) in [6, 6.07) is 0. The highest BCUT2D eigenvalue weighted by molar-refractivity contribution is 5.60. The lowest BCUT2D eigenvalue weighted by atomic mass is 9.83. The van der Waals surface area contributed by atoms with Crippen molar-refractivity contribution in [1.29, 1.82) is 0 Å². The van der Waals surface area contributed by atoms with E-state index >= 15 is 0 Å². The molecule has 0 atom stereocenters. The van der Waals surface area contributed by atoms with Crippen molar-refractivity contribution in [1.82, 2.24) is 0 Å². The molecule has 0 saturated heterocycles. The van der Waals surface area contributed by atoms with E-state index in [-0.39, 0.29) is 0 Å². The van der Waals surface area contributed by atoms with Crippen LogP contribution in [0.2, 0.25) is 0 Å². The van der Waals surface area contributed by atoms with Crippen molar-refractivity contribution < 1.29 is 4.74 Å². The SMILES string of the molecule is CN=CC1CCC(COC)CC1. The second-order valence-corrected chi connectivity index (χ2v) is 3.64. The molecule has 70 valence electrons. The van der Waals surface area contributed by atoms with Gasteiger partial charge >= 0.3 is 0 Å². The lowest BCUT2D eigenvalue weighted by Crippen LogP contribution is -2.18. The van der Waals surface area contributed by atoms with Gasteiger partial charge in [-0.3, -0.25) is 0 Å². The molecule has 0 N–H and O–H groups in total. The number of nitrogens with zero attached hydrogens (tertiary/aromatic N) is 1. The number of hydrogen-bond acceptors (Lipinski definition) is 2. The van der Waals surface area contributed by atoms with E-state index in [1.54, 1.807) is 7.11 Å². The first kappa shape index (κ1) is 9.72. The molecule has 0 unspecified atom stereocenters. The quantitative estimate of drug-likeness (QED) is 0.593. The van der Waals surface area contributed by atoms with Gasteiger partial charge in [-0.05, 0) is 37.5 Å². The molecule has 1 aliphatic carbocycles. The van der Waals surface area contributed by atoms with Gasteiger partial charge in [0, 0.05) is 27.0 Å². The molecule has 0 aliphatic heterocycles. The average Bonchev–Trinajstić information content (AvgIpc) is 2.09. The minimum Gasteiger partial charge on any atom is -0.384 e. The van der Waals surface area contributed by atoms with Gasteiger partial charge in [-0.25, -0.2) is 0 Å². The first-order valence-electron chi connectivity index (χ1n) is 4.78. The fraction of sp³-hybridized carbons (Fsp3) is 0.900. The molecule has 2 heteroatoms. The molecule has 0 bridgehead atoms. The molecule has 1 rings (SSSR count). The molecule has 0 heterocycles. The van der Waals surface area contributed by atoms with Crippen LogP contribution in [-0.4, -0.2) is 27.0 Å². The van der Waals surface area contributed by atoms with Crippen molar-refractivity contribution in [2.75, 3.05) is 20.8 Å². The fourth-order valence-electron chi connectivity index (χ4n) is 1.95. The predicted octanol–water partition coefficient (Wildman–Crippen LogP) is 2.14. The van der Waals surface area contributed by atoms with Gasteiger partial charge in [-0.15, -0.1) is 0 Å². The van der Waals surface area contributed by atoms with Crippen LogP contribution in [0.5, 0.6) is 0 Å². The summed E-state index contributed by atoms with van der Waals surface area (Å²) in [6.07, 6.45) is 7.31. The van der Waals surface area contributed by atoms with Crippen molar-refractivity contribution in [2.45, 2.75) is 25.7 Å². The molecule has 0 aromatic rings. The molecule has 0 aromatic carbocycles. The van der Waals surface area contributed by atoms with E-state index in [9.17, 15) is 0 Å². The maximum atomic E-state index is 5.14. The van der Waals surface area contributed by atoms with Gasteiger partial charge in [0.2, 0.25) is 0 Å². The van der Waals surface area contributed by atoms with Crippen LogP contribution in [0.25, 0.3) is 0 Å². The third-order valence-electron chi connectivity index (χ3n) is 2.65. The molecule has 0 spiro atoms. The van der Waals surface area contributed by atoms with E-state index < -0.39 is 0 Å². The highest BCUT2D eigenvalue weighted by atomic mass is 16.5. The molecule has 0 aromatic heterocycles. The van der Waals surface area contributed by atoms with Crippen LogP contribution < -0.4 is 0 Å². The molecule has 1 saturated carbocycles. The van der Waals surface area contributed by atoms with Crippen LogP contribution in [0.3, 0.4) is 0 Å². The topological polar surface area (TPSA) is 21.6 Å². The molecule has 1 aliphatic rings. The number of ether oxygens (including phenoxy) is 1. The van der Waals surface area contributed by atoms with Crippen molar-refractivity contribution in [3.8, 4) is 0 Å². The van der Waals surface area contributed by atoms with Gasteiger partial charge in [-0.2, -0.15) is 0 Å². The van der Waals surface area contributed by atoms with Crippen LogP contribution in [0, 0.1) is 11.8 Å². The second kappa shape index (κ2) is 5.31. The Morgan fingerprint density at radius 2 is 2.00 bits per heavy atom. The highest BCUT2D eigenvalue weighted by Gasteiger charge is 2.19. The Morgan fingerprint density at radius 3 is 2.50 bits per heavy atom. The third kappa shape index (κ3) is 2.94. The number of hydrogen-bond donors (Lipinski definition) is 0. The van der Waals surface area contributed by atoms with Gasteiger partial charge in [0.1, 0.15) is 0 Å². The van der Waals surface area contributed by atoms with Gasteiger partial charge in [0.05, 0.1) is 0 Å². The Morgan fingerprint density at radius 1 is 1.33 bits per heavy atom. The van der Waals surface area contributed by atoms with E-state index in [1.807, 2.05) is 7.05 Å². The smallest absolute Gasteiger partial charge is 0.0490 e. The van der Waals surface area contributed by atoms with E-state index in [0.29, 0.717) is 0 Å². The number of aliphatic imine (C=N–C) groups is 1. The standard InChI is InChI=1S/C10H19NO/c1-11-7-9-3-5-10(6-4-9)8-12-2/h7,9-10H,3-6,8H2,1-2H3. The summed E-state index contributed by atoms with van der Waals surface area (Å²) in [5.41, 5.74) is 0. The summed E-state index contributed by atoms with van der Waals surface area (Å²) in [7, 11) is 3.65. The minimum atomic E-state index is 0.739. The Bertz CT molecular complexity index is 137. The Hall–Kier alpha value is -0.370. The summed E-state index contributed by atoms with van der Waals surface area (Å²) in [6.45, 7) is 0.940. The van der Waals surface area contributed by atoms with Gasteiger partial charge < -0.3 is 9.73 Å². The van der Waals surface area contributed by atoms with E-state index in [1.165, 1.54) is 25.7 Å². The van der Waals surface area contributed by atoms with Crippen LogP contribution in [0.1, 0.15) is 25.7 Å². The molecular weight excluding hydrogens is 150 g/mol. The summed E-state index contributed by atoms with van der Waals surface area (Å²) >= 11 is 0. The minimum absolute atomic E-state index is 0.739. The van der Waals surface area contributed by atoms with Crippen molar-refractivity contribution in [3.05, 3.63) is 0 Å². The maximum absolute atomic E-state index is 5.14. The zero-order valence-electron chi connectivity index (χ0n) is 8.12. The monoisotopic (exact) mass is 169 g/mol. The molecule has 12 heavy (non-hydrogen) atoms. The summed E-state index contributed by atoms with van der Waals surface area (Å²) < 4.78 is 5.14. The highest BCUT2D eigenvalue weighted by Crippen LogP contribution is 2.27. The summed E-state index contributed by atoms with van der Waals surface area (Å²) in [4.78, 5) is 4.07. The van der Waals surface area contributed by atoms with Crippen molar-refractivity contribution in [3.63, 3.8) is 0 Å². The zero-order valence-corrected chi connectivity index (χ0v) is 8.12. The fourth-order valence-corrected chi connectivity index (χ4v) is 1.95. The van der Waals surface area contributed by atoms with Crippen LogP contribution in [0.4, 0.5) is 0 Å². The first-order chi connectivity index (χ1) is 5.86. The third-order valence-corrected chi connectivity index (χ3v) is 2.65. The largest absolute Gasteiger partial charge is 0.384 e. The van der Waals surface area contributed by atoms with Gasteiger partial charge in [0.25, 0.3) is 0 Å². The van der Waals surface area contributed by atoms with Crippen LogP contribution in [-0.2, 0) is 4.74 Å². The Balaban J connectivity index is 2.20. The molecule has 1 fully saturated rings. The molecule has 0 radical (unpaired) electrons. The lowest BCUT2D eigenvalue weighted by Gasteiger charge is -2.25. The normalized spacial score (nSPS) is 31.2. The van der Waals surface area contributed by atoms with Crippen LogP contribution >= 0.6 is 0 Å². The number of rotatable bonds is 3. The Kier molecular flexibility index (Phi) is 4.30. The van der Waals surface area contributed by atoms with Crippen molar-refractivity contribution in [2.24, 2.45) is 16.8 Å². The van der Waals surface area contributed by atoms with Crippen LogP contribution in [0.15, 0.2) is 4.99 Å². The van der Waals surface area contributed by atoms with Crippen molar-refractivity contribution >= 4 is 6.21 Å². The second-order valence-electron chi connectivity index (χ2n) is 3.64. The van der Waals surface area contributed by atoms with E-state index in [4.69, 9.17) is 4.74 Å². The molecular formula is C10H19NO. The average molecular weight is 169 g/mol. The summed E-state index contributed by atoms with van der Waals surface area (Å²) in [5, 5.41) is 0. The summed E-state index contributed by atoms with van der Waals surface area (Å²) in [5.74, 6) is 1.54. The first-order valence-corrected chi connectivity index (χ1v) is 4.78. The predicted molar refractivity (Wildman–Crippen MR) is 51.7 cm³/mol. The zero-order chi connectivity index (χ0) is 8.81. The maximum Gasteiger partial charge on any atom is 0.0490 e. The van der Waals surface area contributed by atoms with Gasteiger partial charge in [0.15, 0.2) is 0 Å². The van der Waals surface area contributed by atoms with Gasteiger partial charge in [-0.1, -0.05) is 0 Å². The van der Waals surface area contributed by atoms with E-state index in [2.05, 4.69) is 11.2 Å². The van der Waals surface area contributed by atoms with E-state index in [0.717, 1.165) is 18.4 Å². The lowest BCUT2D eigenvalue weighted by molar-refractivity contribution is 0.126. The molecule has 2 nitrogen and oxygen atoms in total. The molecule has 0 amide bonds.